The number of fused-ring (bicyclic) bond motifs is 2. The second-order valence-electron chi connectivity index (χ2n) is 6.99. The zero-order chi connectivity index (χ0) is 19.8. The van der Waals surface area contributed by atoms with E-state index in [1.165, 1.54) is 11.8 Å². The van der Waals surface area contributed by atoms with Crippen molar-refractivity contribution in [3.05, 3.63) is 101 Å². The molecule has 0 unspecified atom stereocenters. The first-order valence-electron chi connectivity index (χ1n) is 9.40. The minimum Gasteiger partial charge on any atom is -0.288 e. The third-order valence-electron chi connectivity index (χ3n) is 5.15. The van der Waals surface area contributed by atoms with Gasteiger partial charge in [0.2, 0.25) is 0 Å². The van der Waals surface area contributed by atoms with Crippen LogP contribution in [0.1, 0.15) is 11.1 Å². The van der Waals surface area contributed by atoms with Gasteiger partial charge in [-0.3, -0.25) is 9.69 Å². The van der Waals surface area contributed by atoms with Gasteiger partial charge >= 0.3 is 0 Å². The highest BCUT2D eigenvalue weighted by atomic mass is 32.2. The second-order valence-corrected chi connectivity index (χ2v) is 8.66. The lowest BCUT2D eigenvalue weighted by Gasteiger charge is -2.14. The lowest BCUT2D eigenvalue weighted by molar-refractivity contribution is -0.122. The molecule has 5 rings (SSSR count). The van der Waals surface area contributed by atoms with Crippen molar-refractivity contribution >= 4 is 61.8 Å². The molecule has 0 spiro atoms. The molecular weight excluding hydrogens is 394 g/mol. The molecule has 0 aliphatic carbocycles. The van der Waals surface area contributed by atoms with Crippen LogP contribution >= 0.6 is 24.0 Å². The van der Waals surface area contributed by atoms with E-state index in [2.05, 4.69) is 30.3 Å². The Bertz CT molecular complexity index is 1240. The fourth-order valence-corrected chi connectivity index (χ4v) is 4.97. The number of hydrogen-bond donors (Lipinski definition) is 0. The fraction of sp³-hybridized carbons (Fsp3) is 0.0400. The maximum Gasteiger partial charge on any atom is 0.266 e. The molecule has 1 fully saturated rings. The maximum atomic E-state index is 13.1. The number of thioether (sulfide) groups is 1. The monoisotopic (exact) mass is 411 g/mol. The van der Waals surface area contributed by atoms with Crippen molar-refractivity contribution < 1.29 is 4.79 Å². The highest BCUT2D eigenvalue weighted by molar-refractivity contribution is 8.26. The molecule has 4 aromatic carbocycles. The van der Waals surface area contributed by atoms with Crippen LogP contribution in [0.15, 0.2) is 89.8 Å². The topological polar surface area (TPSA) is 20.3 Å². The molecule has 29 heavy (non-hydrogen) atoms. The molecule has 1 aliphatic rings. The van der Waals surface area contributed by atoms with Crippen molar-refractivity contribution in [2.24, 2.45) is 0 Å². The Morgan fingerprint density at radius 3 is 2.07 bits per heavy atom. The number of carbonyl (C=O) groups excluding carboxylic acids is 1. The van der Waals surface area contributed by atoms with Gasteiger partial charge in [0.15, 0.2) is 0 Å². The van der Waals surface area contributed by atoms with Crippen LogP contribution in [0.4, 0.5) is 0 Å². The summed E-state index contributed by atoms with van der Waals surface area (Å²) in [5.41, 5.74) is 2.14. The molecule has 1 saturated heterocycles. The van der Waals surface area contributed by atoms with Gasteiger partial charge in [0.1, 0.15) is 4.32 Å². The molecule has 0 radical (unpaired) electrons. The van der Waals surface area contributed by atoms with Gasteiger partial charge in [0.05, 0.1) is 11.4 Å². The normalized spacial score (nSPS) is 15.7. The molecule has 0 aromatic heterocycles. The molecule has 0 saturated carbocycles. The van der Waals surface area contributed by atoms with Crippen LogP contribution in [0.5, 0.6) is 0 Å². The largest absolute Gasteiger partial charge is 0.288 e. The minimum absolute atomic E-state index is 0.0270. The van der Waals surface area contributed by atoms with Crippen molar-refractivity contribution in [3.8, 4) is 0 Å². The molecule has 0 N–H and O–H groups in total. The van der Waals surface area contributed by atoms with E-state index in [0.29, 0.717) is 15.8 Å². The van der Waals surface area contributed by atoms with Gasteiger partial charge in [0.25, 0.3) is 5.91 Å². The molecule has 1 heterocycles. The van der Waals surface area contributed by atoms with E-state index in [1.807, 2.05) is 60.7 Å². The van der Waals surface area contributed by atoms with Gasteiger partial charge in [-0.2, -0.15) is 0 Å². The molecule has 0 atom stereocenters. The molecule has 2 nitrogen and oxygen atoms in total. The third-order valence-corrected chi connectivity index (χ3v) is 6.52. The number of hydrogen-bond acceptors (Lipinski definition) is 3. The highest BCUT2D eigenvalue weighted by Gasteiger charge is 2.32. The van der Waals surface area contributed by atoms with E-state index < -0.39 is 0 Å². The number of rotatable bonds is 3. The summed E-state index contributed by atoms with van der Waals surface area (Å²) in [5, 5.41) is 4.61. The number of amides is 1. The summed E-state index contributed by atoms with van der Waals surface area (Å²) < 4.78 is 0.606. The van der Waals surface area contributed by atoms with Crippen LogP contribution in [-0.4, -0.2) is 15.1 Å². The number of nitrogens with zero attached hydrogens (tertiary/aromatic N) is 1. The van der Waals surface area contributed by atoms with Crippen LogP contribution in [0.2, 0.25) is 0 Å². The van der Waals surface area contributed by atoms with Crippen molar-refractivity contribution in [2.75, 3.05) is 0 Å². The Hall–Kier alpha value is -2.95. The molecule has 0 bridgehead atoms. The average molecular weight is 412 g/mol. The number of benzene rings is 4. The predicted octanol–water partition coefficient (Wildman–Crippen LogP) is 6.39. The van der Waals surface area contributed by atoms with E-state index >= 15 is 0 Å². The Morgan fingerprint density at radius 1 is 0.828 bits per heavy atom. The van der Waals surface area contributed by atoms with Gasteiger partial charge in [-0.15, -0.1) is 0 Å². The van der Waals surface area contributed by atoms with E-state index in [9.17, 15) is 4.79 Å². The number of carbonyl (C=O) groups is 1. The van der Waals surface area contributed by atoms with E-state index in [-0.39, 0.29) is 5.91 Å². The molecule has 140 valence electrons. The molecule has 4 aromatic rings. The lowest BCUT2D eigenvalue weighted by atomic mass is 9.96. The predicted molar refractivity (Wildman–Crippen MR) is 127 cm³/mol. The summed E-state index contributed by atoms with van der Waals surface area (Å²) in [6.45, 7) is 0.499. The highest BCUT2D eigenvalue weighted by Crippen LogP contribution is 2.37. The Labute approximate surface area is 178 Å². The molecule has 1 amide bonds. The smallest absolute Gasteiger partial charge is 0.266 e. The third kappa shape index (κ3) is 3.35. The van der Waals surface area contributed by atoms with Crippen LogP contribution < -0.4 is 0 Å². The Balaban J connectivity index is 1.61. The van der Waals surface area contributed by atoms with Gasteiger partial charge in [-0.1, -0.05) is 103 Å². The summed E-state index contributed by atoms with van der Waals surface area (Å²) in [5.74, 6) is -0.0270. The summed E-state index contributed by atoms with van der Waals surface area (Å²) >= 11 is 6.91. The molecule has 1 aliphatic heterocycles. The summed E-state index contributed by atoms with van der Waals surface area (Å²) in [4.78, 5) is 15.5. The maximum absolute atomic E-state index is 13.1. The first-order valence-corrected chi connectivity index (χ1v) is 10.6. The summed E-state index contributed by atoms with van der Waals surface area (Å²) in [6.07, 6.45) is 2.01. The second kappa shape index (κ2) is 7.47. The average Bonchev–Trinajstić information content (AvgIpc) is 3.02. The van der Waals surface area contributed by atoms with Crippen LogP contribution in [0, 0.1) is 0 Å². The first-order chi connectivity index (χ1) is 14.2. The van der Waals surface area contributed by atoms with E-state index in [0.717, 1.165) is 32.7 Å². The summed E-state index contributed by atoms with van der Waals surface area (Å²) in [7, 11) is 0. The van der Waals surface area contributed by atoms with Crippen molar-refractivity contribution in [3.63, 3.8) is 0 Å². The van der Waals surface area contributed by atoms with Crippen LogP contribution in [0.3, 0.4) is 0 Å². The SMILES string of the molecule is O=C1/C(=C/c2c3ccccc3cc3ccccc23)SC(=S)N1Cc1ccccc1. The summed E-state index contributed by atoms with van der Waals surface area (Å²) in [6, 6.07) is 28.7. The zero-order valence-electron chi connectivity index (χ0n) is 15.5. The standard InChI is InChI=1S/C25H17NOS2/c27-24-23(29-25(28)26(24)16-17-8-2-1-3-9-17)15-22-20-12-6-4-10-18(20)14-19-11-5-7-13-21(19)22/h1-15H,16H2/b23-15-. The van der Waals surface area contributed by atoms with E-state index in [1.54, 1.807) is 4.90 Å². The fourth-order valence-electron chi connectivity index (χ4n) is 3.74. The lowest BCUT2D eigenvalue weighted by Crippen LogP contribution is -2.27. The zero-order valence-corrected chi connectivity index (χ0v) is 17.2. The minimum atomic E-state index is -0.0270. The van der Waals surface area contributed by atoms with Crippen LogP contribution in [0.25, 0.3) is 27.6 Å². The van der Waals surface area contributed by atoms with Gasteiger partial charge < -0.3 is 0 Å². The van der Waals surface area contributed by atoms with Gasteiger partial charge in [0, 0.05) is 0 Å². The van der Waals surface area contributed by atoms with Gasteiger partial charge in [-0.05, 0) is 44.8 Å². The Morgan fingerprint density at radius 2 is 1.41 bits per heavy atom. The van der Waals surface area contributed by atoms with Crippen molar-refractivity contribution in [1.82, 2.24) is 4.90 Å². The molecule has 4 heteroatoms. The van der Waals surface area contributed by atoms with Crippen molar-refractivity contribution in [2.45, 2.75) is 6.54 Å². The van der Waals surface area contributed by atoms with Crippen LogP contribution in [-0.2, 0) is 11.3 Å². The Kier molecular flexibility index (Phi) is 4.66. The first kappa shape index (κ1) is 18.1. The van der Waals surface area contributed by atoms with Gasteiger partial charge in [-0.25, -0.2) is 0 Å². The number of thiocarbonyl (C=S) groups is 1. The quantitative estimate of drug-likeness (QED) is 0.221. The van der Waals surface area contributed by atoms with Crippen molar-refractivity contribution in [1.29, 1.82) is 0 Å². The molecular formula is C25H17NOS2. The van der Waals surface area contributed by atoms with E-state index in [4.69, 9.17) is 12.2 Å².